The fourth-order valence-electron chi connectivity index (χ4n) is 2.17. The van der Waals surface area contributed by atoms with E-state index in [0.717, 1.165) is 23.1 Å². The van der Waals surface area contributed by atoms with Crippen molar-refractivity contribution >= 4 is 22.1 Å². The normalized spacial score (nSPS) is 17.4. The van der Waals surface area contributed by atoms with E-state index in [1.54, 1.807) is 12.3 Å². The molecule has 0 unspecified atom stereocenters. The van der Waals surface area contributed by atoms with Crippen LogP contribution < -0.4 is 0 Å². The van der Waals surface area contributed by atoms with Crippen molar-refractivity contribution in [1.29, 1.82) is 0 Å². The van der Waals surface area contributed by atoms with Gasteiger partial charge in [-0.15, -0.1) is 0 Å². The minimum atomic E-state index is 0.278. The van der Waals surface area contributed by atoms with Crippen LogP contribution in [0.4, 0.5) is 0 Å². The molecule has 1 aliphatic rings. The number of phenolic OH excluding ortho intramolecular Hbond substituents is 1. The molecule has 1 heterocycles. The molecule has 0 atom stereocenters. The molecule has 18 heavy (non-hydrogen) atoms. The number of aliphatic imine (C=N–C) groups is 1. The third-order valence-corrected chi connectivity index (χ3v) is 3.71. The Morgan fingerprint density at radius 2 is 2.06 bits per heavy atom. The van der Waals surface area contributed by atoms with E-state index >= 15 is 0 Å². The zero-order valence-corrected chi connectivity index (χ0v) is 12.1. The molecule has 1 N–H and O–H groups in total. The molecular weight excluding hydrogens is 292 g/mol. The van der Waals surface area contributed by atoms with Crippen LogP contribution in [0.3, 0.4) is 0 Å². The SMILES string of the molecule is Oc1ccc(Br)cc1C=NCCN1CCCCC1. The Hall–Kier alpha value is -0.870. The van der Waals surface area contributed by atoms with Crippen LogP contribution in [0.25, 0.3) is 0 Å². The lowest BCUT2D eigenvalue weighted by Crippen LogP contribution is -2.31. The Morgan fingerprint density at radius 1 is 1.28 bits per heavy atom. The lowest BCUT2D eigenvalue weighted by atomic mass is 10.1. The first kappa shape index (κ1) is 13.6. The number of nitrogens with zero attached hydrogens (tertiary/aromatic N) is 2. The Balaban J connectivity index is 1.81. The third kappa shape index (κ3) is 4.10. The summed E-state index contributed by atoms with van der Waals surface area (Å²) in [5.74, 6) is 0.278. The molecule has 1 aromatic carbocycles. The zero-order chi connectivity index (χ0) is 12.8. The number of benzene rings is 1. The second-order valence-electron chi connectivity index (χ2n) is 4.64. The summed E-state index contributed by atoms with van der Waals surface area (Å²) in [4.78, 5) is 6.85. The standard InChI is InChI=1S/C14H19BrN2O/c15-13-4-5-14(18)12(10-13)11-16-6-9-17-7-2-1-3-8-17/h4-5,10-11,18H,1-3,6-9H2. The van der Waals surface area contributed by atoms with Crippen molar-refractivity contribution in [3.05, 3.63) is 28.2 Å². The topological polar surface area (TPSA) is 35.8 Å². The van der Waals surface area contributed by atoms with Gasteiger partial charge in [-0.3, -0.25) is 4.99 Å². The third-order valence-electron chi connectivity index (χ3n) is 3.21. The largest absolute Gasteiger partial charge is 0.507 e. The molecule has 0 spiro atoms. The molecular formula is C14H19BrN2O. The molecule has 2 rings (SSSR count). The van der Waals surface area contributed by atoms with Crippen LogP contribution >= 0.6 is 15.9 Å². The van der Waals surface area contributed by atoms with Crippen molar-refractivity contribution in [3.63, 3.8) is 0 Å². The van der Waals surface area contributed by atoms with Gasteiger partial charge >= 0.3 is 0 Å². The van der Waals surface area contributed by atoms with Gasteiger partial charge in [0.05, 0.1) is 6.54 Å². The van der Waals surface area contributed by atoms with E-state index in [1.807, 2.05) is 12.1 Å². The average molecular weight is 311 g/mol. The van der Waals surface area contributed by atoms with Crippen LogP contribution in [0, 0.1) is 0 Å². The second-order valence-corrected chi connectivity index (χ2v) is 5.56. The quantitative estimate of drug-likeness (QED) is 0.868. The number of piperidine rings is 1. The fourth-order valence-corrected chi connectivity index (χ4v) is 2.55. The van der Waals surface area contributed by atoms with Crippen molar-refractivity contribution in [2.24, 2.45) is 4.99 Å². The van der Waals surface area contributed by atoms with Crippen molar-refractivity contribution in [1.82, 2.24) is 4.90 Å². The minimum absolute atomic E-state index is 0.278. The minimum Gasteiger partial charge on any atom is -0.507 e. The van der Waals surface area contributed by atoms with Gasteiger partial charge in [-0.1, -0.05) is 22.4 Å². The van der Waals surface area contributed by atoms with E-state index in [-0.39, 0.29) is 5.75 Å². The van der Waals surface area contributed by atoms with Crippen LogP contribution in [0.15, 0.2) is 27.7 Å². The van der Waals surface area contributed by atoms with Gasteiger partial charge in [0.1, 0.15) is 5.75 Å². The molecule has 1 fully saturated rings. The number of halogens is 1. The van der Waals surface area contributed by atoms with E-state index in [2.05, 4.69) is 25.8 Å². The molecule has 1 aliphatic heterocycles. The van der Waals surface area contributed by atoms with Gasteiger partial charge < -0.3 is 10.0 Å². The predicted octanol–water partition coefficient (Wildman–Crippen LogP) is 3.06. The summed E-state index contributed by atoms with van der Waals surface area (Å²) in [5, 5.41) is 9.66. The molecule has 0 amide bonds. The molecule has 0 aliphatic carbocycles. The monoisotopic (exact) mass is 310 g/mol. The summed E-state index contributed by atoms with van der Waals surface area (Å²) in [6.07, 6.45) is 5.75. The molecule has 0 radical (unpaired) electrons. The van der Waals surface area contributed by atoms with Gasteiger partial charge in [0.25, 0.3) is 0 Å². The maximum Gasteiger partial charge on any atom is 0.124 e. The Kier molecular flexibility index (Phi) is 5.20. The number of hydrogen-bond acceptors (Lipinski definition) is 3. The molecule has 1 saturated heterocycles. The maximum absolute atomic E-state index is 9.66. The number of hydrogen-bond donors (Lipinski definition) is 1. The van der Waals surface area contributed by atoms with Crippen LogP contribution in [0.5, 0.6) is 5.75 Å². The smallest absolute Gasteiger partial charge is 0.124 e. The molecule has 3 nitrogen and oxygen atoms in total. The average Bonchev–Trinajstić information content (AvgIpc) is 2.40. The van der Waals surface area contributed by atoms with Crippen molar-refractivity contribution < 1.29 is 5.11 Å². The predicted molar refractivity (Wildman–Crippen MR) is 78.6 cm³/mol. The maximum atomic E-state index is 9.66. The van der Waals surface area contributed by atoms with E-state index in [9.17, 15) is 5.11 Å². The van der Waals surface area contributed by atoms with Crippen LogP contribution in [0.2, 0.25) is 0 Å². The molecule has 4 heteroatoms. The fraction of sp³-hybridized carbons (Fsp3) is 0.500. The van der Waals surface area contributed by atoms with Crippen molar-refractivity contribution in [2.45, 2.75) is 19.3 Å². The molecule has 1 aromatic rings. The first-order valence-electron chi connectivity index (χ1n) is 6.46. The second kappa shape index (κ2) is 6.90. The summed E-state index contributed by atoms with van der Waals surface area (Å²) in [5.41, 5.74) is 0.767. The Morgan fingerprint density at radius 3 is 2.83 bits per heavy atom. The van der Waals surface area contributed by atoms with E-state index in [4.69, 9.17) is 0 Å². The Bertz CT molecular complexity index is 414. The van der Waals surface area contributed by atoms with Gasteiger partial charge in [-0.05, 0) is 44.1 Å². The highest BCUT2D eigenvalue weighted by Gasteiger charge is 2.08. The number of likely N-dealkylation sites (tertiary alicyclic amines) is 1. The lowest BCUT2D eigenvalue weighted by Gasteiger charge is -2.25. The van der Waals surface area contributed by atoms with Gasteiger partial charge in [0.2, 0.25) is 0 Å². The molecule has 0 aromatic heterocycles. The highest BCUT2D eigenvalue weighted by molar-refractivity contribution is 9.10. The number of phenols is 1. The summed E-state index contributed by atoms with van der Waals surface area (Å²) >= 11 is 3.39. The summed E-state index contributed by atoms with van der Waals surface area (Å²) < 4.78 is 0.956. The molecule has 0 bridgehead atoms. The van der Waals surface area contributed by atoms with Crippen LogP contribution in [-0.4, -0.2) is 42.4 Å². The van der Waals surface area contributed by atoms with Gasteiger partial charge in [-0.25, -0.2) is 0 Å². The summed E-state index contributed by atoms with van der Waals surface area (Å²) in [6, 6.07) is 5.37. The highest BCUT2D eigenvalue weighted by Crippen LogP contribution is 2.20. The molecule has 0 saturated carbocycles. The van der Waals surface area contributed by atoms with E-state index in [1.165, 1.54) is 32.4 Å². The first-order chi connectivity index (χ1) is 8.75. The van der Waals surface area contributed by atoms with E-state index in [0.29, 0.717) is 0 Å². The Labute approximate surface area is 117 Å². The number of aromatic hydroxyl groups is 1. The molecule has 98 valence electrons. The van der Waals surface area contributed by atoms with Gasteiger partial charge in [-0.2, -0.15) is 0 Å². The first-order valence-corrected chi connectivity index (χ1v) is 7.26. The van der Waals surface area contributed by atoms with Crippen LogP contribution in [0.1, 0.15) is 24.8 Å². The van der Waals surface area contributed by atoms with Gasteiger partial charge in [0.15, 0.2) is 0 Å². The van der Waals surface area contributed by atoms with Gasteiger partial charge in [0, 0.05) is 22.8 Å². The van der Waals surface area contributed by atoms with Crippen molar-refractivity contribution in [2.75, 3.05) is 26.2 Å². The van der Waals surface area contributed by atoms with E-state index < -0.39 is 0 Å². The number of rotatable bonds is 4. The zero-order valence-electron chi connectivity index (χ0n) is 10.5. The van der Waals surface area contributed by atoms with Crippen molar-refractivity contribution in [3.8, 4) is 5.75 Å². The lowest BCUT2D eigenvalue weighted by molar-refractivity contribution is 0.235. The highest BCUT2D eigenvalue weighted by atomic mass is 79.9. The van der Waals surface area contributed by atoms with Crippen LogP contribution in [-0.2, 0) is 0 Å². The summed E-state index contributed by atoms with van der Waals surface area (Å²) in [6.45, 7) is 4.23. The summed E-state index contributed by atoms with van der Waals surface area (Å²) in [7, 11) is 0.